The number of rotatable bonds is 4. The average molecular weight is 441 g/mol. The molecule has 0 aliphatic heterocycles. The van der Waals surface area contributed by atoms with E-state index < -0.39 is 0 Å². The number of benzene rings is 1. The molecule has 0 heterocycles. The Labute approximate surface area is 164 Å². The molecule has 0 aromatic heterocycles. The number of hydrogen-bond donors (Lipinski definition) is 1. The molecule has 2 N–H and O–H groups in total. The number of hydrogen-bond acceptors (Lipinski definition) is 1. The van der Waals surface area contributed by atoms with Gasteiger partial charge in [0.2, 0.25) is 0 Å². The molecule has 3 nitrogen and oxygen atoms in total. The minimum atomic E-state index is 0. The fourth-order valence-corrected chi connectivity index (χ4v) is 3.46. The number of halogens is 1. The van der Waals surface area contributed by atoms with E-state index >= 15 is 0 Å². The van der Waals surface area contributed by atoms with Crippen LogP contribution in [0.25, 0.3) is 0 Å². The maximum atomic E-state index is 6.18. The van der Waals surface area contributed by atoms with Gasteiger partial charge in [0.25, 0.3) is 0 Å². The quantitative estimate of drug-likeness (QED) is 0.427. The monoisotopic (exact) mass is 441 g/mol. The third-order valence-electron chi connectivity index (χ3n) is 5.67. The highest BCUT2D eigenvalue weighted by molar-refractivity contribution is 14.0. The van der Waals surface area contributed by atoms with Crippen LogP contribution in [0.5, 0.6) is 0 Å². The first-order chi connectivity index (χ1) is 10.8. The summed E-state index contributed by atoms with van der Waals surface area (Å²) in [6.45, 7) is 7.62. The summed E-state index contributed by atoms with van der Waals surface area (Å²) in [6, 6.07) is 9.84. The highest BCUT2D eigenvalue weighted by Gasteiger charge is 2.39. The highest BCUT2D eigenvalue weighted by Crippen LogP contribution is 2.44. The Morgan fingerprint density at radius 2 is 1.79 bits per heavy atom. The lowest BCUT2D eigenvalue weighted by Gasteiger charge is -2.41. The third-order valence-corrected chi connectivity index (χ3v) is 5.67. The molecule has 0 bridgehead atoms. The molecule has 0 saturated heterocycles. The van der Waals surface area contributed by atoms with E-state index in [9.17, 15) is 0 Å². The van der Waals surface area contributed by atoms with Crippen molar-refractivity contribution >= 4 is 29.9 Å². The Hall–Kier alpha value is -0.780. The SMILES string of the molecule is CN(C(N)=NCC1(c2ccc(C(C)(C)C)cc2)CCC1)C1CC1.I. The lowest BCUT2D eigenvalue weighted by molar-refractivity contribution is 0.252. The number of nitrogens with two attached hydrogens (primary N) is 1. The lowest BCUT2D eigenvalue weighted by atomic mass is 9.64. The van der Waals surface area contributed by atoms with Crippen molar-refractivity contribution in [3.05, 3.63) is 35.4 Å². The van der Waals surface area contributed by atoms with Crippen LogP contribution in [0.3, 0.4) is 0 Å². The molecule has 2 aliphatic carbocycles. The molecular weight excluding hydrogens is 409 g/mol. The molecule has 2 saturated carbocycles. The summed E-state index contributed by atoms with van der Waals surface area (Å²) in [6.07, 6.45) is 6.27. The molecule has 24 heavy (non-hydrogen) atoms. The summed E-state index contributed by atoms with van der Waals surface area (Å²) >= 11 is 0. The molecule has 3 rings (SSSR count). The Bertz CT molecular complexity index is 578. The second-order valence-corrected chi connectivity index (χ2v) is 8.48. The summed E-state index contributed by atoms with van der Waals surface area (Å²) in [5.41, 5.74) is 9.43. The zero-order valence-corrected chi connectivity index (χ0v) is 17.8. The molecule has 2 aliphatic rings. The molecule has 4 heteroatoms. The van der Waals surface area contributed by atoms with Crippen molar-refractivity contribution < 1.29 is 0 Å². The standard InChI is InChI=1S/C20H31N3.HI/c1-19(2,3)15-6-8-16(9-7-15)20(12-5-13-20)14-22-18(21)23(4)17-10-11-17;/h6-9,17H,5,10-14H2,1-4H3,(H2,21,22);1H. The smallest absolute Gasteiger partial charge is 0.191 e. The van der Waals surface area contributed by atoms with Gasteiger partial charge in [-0.1, -0.05) is 51.5 Å². The zero-order valence-electron chi connectivity index (χ0n) is 15.5. The predicted molar refractivity (Wildman–Crippen MR) is 113 cm³/mol. The molecule has 2 fully saturated rings. The molecule has 1 aromatic carbocycles. The molecular formula is C20H32IN3. The van der Waals surface area contributed by atoms with Crippen LogP contribution in [0.15, 0.2) is 29.3 Å². The van der Waals surface area contributed by atoms with E-state index in [1.54, 1.807) is 0 Å². The largest absolute Gasteiger partial charge is 0.370 e. The fraction of sp³-hybridized carbons (Fsp3) is 0.650. The molecule has 0 atom stereocenters. The lowest BCUT2D eigenvalue weighted by Crippen LogP contribution is -2.41. The van der Waals surface area contributed by atoms with Crippen molar-refractivity contribution in [3.63, 3.8) is 0 Å². The van der Waals surface area contributed by atoms with Gasteiger partial charge >= 0.3 is 0 Å². The van der Waals surface area contributed by atoms with Gasteiger partial charge in [0.15, 0.2) is 5.96 Å². The first-order valence-corrected chi connectivity index (χ1v) is 8.96. The van der Waals surface area contributed by atoms with Crippen LogP contribution in [-0.2, 0) is 10.8 Å². The van der Waals surface area contributed by atoms with Crippen molar-refractivity contribution in [3.8, 4) is 0 Å². The second-order valence-electron chi connectivity index (χ2n) is 8.48. The summed E-state index contributed by atoms with van der Waals surface area (Å²) in [5, 5.41) is 0. The fourth-order valence-electron chi connectivity index (χ4n) is 3.46. The van der Waals surface area contributed by atoms with Crippen molar-refractivity contribution in [2.45, 2.75) is 69.7 Å². The summed E-state index contributed by atoms with van der Waals surface area (Å²) in [4.78, 5) is 6.90. The minimum absolute atomic E-state index is 0. The molecule has 0 unspecified atom stereocenters. The van der Waals surface area contributed by atoms with Gasteiger partial charge in [0.05, 0.1) is 6.54 Å². The van der Waals surface area contributed by atoms with Crippen LogP contribution in [0.4, 0.5) is 0 Å². The van der Waals surface area contributed by atoms with E-state index in [-0.39, 0.29) is 34.8 Å². The Kier molecular flexibility index (Phi) is 5.88. The molecule has 1 aromatic rings. The van der Waals surface area contributed by atoms with Crippen LogP contribution in [0.2, 0.25) is 0 Å². The maximum absolute atomic E-state index is 6.18. The summed E-state index contributed by atoms with van der Waals surface area (Å²) in [7, 11) is 2.07. The van der Waals surface area contributed by atoms with Gasteiger partial charge in [-0.15, -0.1) is 24.0 Å². The highest BCUT2D eigenvalue weighted by atomic mass is 127. The molecule has 0 spiro atoms. The first kappa shape index (κ1) is 19.5. The van der Waals surface area contributed by atoms with Crippen molar-refractivity contribution in [1.29, 1.82) is 0 Å². The zero-order chi connectivity index (χ0) is 16.7. The van der Waals surface area contributed by atoms with E-state index in [1.807, 2.05) is 0 Å². The molecule has 0 amide bonds. The minimum Gasteiger partial charge on any atom is -0.370 e. The number of nitrogens with zero attached hydrogens (tertiary/aromatic N) is 2. The van der Waals surface area contributed by atoms with E-state index in [0.717, 1.165) is 6.54 Å². The van der Waals surface area contributed by atoms with Gasteiger partial charge in [0.1, 0.15) is 0 Å². The number of guanidine groups is 1. The van der Waals surface area contributed by atoms with Gasteiger partial charge in [-0.2, -0.15) is 0 Å². The first-order valence-electron chi connectivity index (χ1n) is 8.96. The van der Waals surface area contributed by atoms with Gasteiger partial charge in [-0.05, 0) is 42.2 Å². The topological polar surface area (TPSA) is 41.6 Å². The van der Waals surface area contributed by atoms with Crippen LogP contribution in [0.1, 0.15) is 64.0 Å². The number of aliphatic imine (C=N–C) groups is 1. The van der Waals surface area contributed by atoms with E-state index in [4.69, 9.17) is 10.7 Å². The van der Waals surface area contributed by atoms with Gasteiger partial charge in [0, 0.05) is 18.5 Å². The van der Waals surface area contributed by atoms with Gasteiger partial charge < -0.3 is 10.6 Å². The Morgan fingerprint density at radius 3 is 2.21 bits per heavy atom. The normalized spacial score (nSPS) is 20.1. The molecule has 134 valence electrons. The van der Waals surface area contributed by atoms with Crippen LogP contribution in [0, 0.1) is 0 Å². The average Bonchev–Trinajstić information content (AvgIpc) is 3.29. The van der Waals surface area contributed by atoms with Gasteiger partial charge in [-0.3, -0.25) is 4.99 Å². The van der Waals surface area contributed by atoms with Crippen molar-refractivity contribution in [2.75, 3.05) is 13.6 Å². The van der Waals surface area contributed by atoms with Crippen LogP contribution >= 0.6 is 24.0 Å². The third kappa shape index (κ3) is 4.06. The van der Waals surface area contributed by atoms with Crippen molar-refractivity contribution in [1.82, 2.24) is 4.90 Å². The Balaban J connectivity index is 0.00000208. The van der Waals surface area contributed by atoms with E-state index in [0.29, 0.717) is 12.0 Å². The summed E-state index contributed by atoms with van der Waals surface area (Å²) in [5.74, 6) is 0.713. The van der Waals surface area contributed by atoms with E-state index in [2.05, 4.69) is 57.0 Å². The van der Waals surface area contributed by atoms with Crippen molar-refractivity contribution in [2.24, 2.45) is 10.7 Å². The van der Waals surface area contributed by atoms with Crippen LogP contribution < -0.4 is 5.73 Å². The van der Waals surface area contributed by atoms with Crippen LogP contribution in [-0.4, -0.2) is 30.5 Å². The second kappa shape index (κ2) is 7.22. The predicted octanol–water partition coefficient (Wildman–Crippen LogP) is 4.43. The maximum Gasteiger partial charge on any atom is 0.191 e. The Morgan fingerprint density at radius 1 is 1.21 bits per heavy atom. The summed E-state index contributed by atoms with van der Waals surface area (Å²) < 4.78 is 0. The van der Waals surface area contributed by atoms with Gasteiger partial charge in [-0.25, -0.2) is 0 Å². The van der Waals surface area contributed by atoms with E-state index in [1.165, 1.54) is 43.2 Å². The molecule has 0 radical (unpaired) electrons.